The van der Waals surface area contributed by atoms with Gasteiger partial charge in [-0.25, -0.2) is 28.1 Å². The van der Waals surface area contributed by atoms with E-state index in [4.69, 9.17) is 6.42 Å². The first-order chi connectivity index (χ1) is 20.8. The van der Waals surface area contributed by atoms with E-state index in [9.17, 15) is 8.78 Å². The predicted octanol–water partition coefficient (Wildman–Crippen LogP) is 5.89. The van der Waals surface area contributed by atoms with Crippen LogP contribution in [0.3, 0.4) is 0 Å². The van der Waals surface area contributed by atoms with E-state index in [-0.39, 0.29) is 11.6 Å². The van der Waals surface area contributed by atoms with E-state index in [1.165, 1.54) is 24.3 Å². The van der Waals surface area contributed by atoms with Crippen molar-refractivity contribution in [2.24, 2.45) is 0 Å². The molecule has 0 radical (unpaired) electrons. The van der Waals surface area contributed by atoms with E-state index in [1.807, 2.05) is 26.0 Å². The lowest BCUT2D eigenvalue weighted by Crippen LogP contribution is -1.98. The Morgan fingerprint density at radius 3 is 1.58 bits per heavy atom. The molecule has 6 rings (SSSR count). The van der Waals surface area contributed by atoms with Gasteiger partial charge in [-0.3, -0.25) is 9.97 Å². The first-order valence-corrected chi connectivity index (χ1v) is 13.7. The molecule has 0 N–H and O–H groups in total. The molecule has 8 nitrogen and oxygen atoms in total. The van der Waals surface area contributed by atoms with Crippen LogP contribution in [0.25, 0.3) is 11.4 Å². The molecule has 0 aliphatic carbocycles. The number of aryl methyl sites for hydroxylation is 2. The van der Waals surface area contributed by atoms with Crippen molar-refractivity contribution in [3.05, 3.63) is 142 Å². The summed E-state index contributed by atoms with van der Waals surface area (Å²) in [5, 5.41) is 8.69. The highest BCUT2D eigenvalue weighted by Crippen LogP contribution is 2.14. The van der Waals surface area contributed by atoms with Crippen LogP contribution in [0.1, 0.15) is 28.5 Å². The van der Waals surface area contributed by atoms with Crippen molar-refractivity contribution in [1.82, 2.24) is 39.5 Å². The van der Waals surface area contributed by atoms with Crippen LogP contribution in [-0.2, 0) is 0 Å². The SMILES string of the molecule is C#Cc1cnccn1.Cc1cc(C#Cc2cnccn2)nn1-c1ccc(F)cc1.Cc1cc(I)nn1-c1ccc(F)cc1. The molecule has 4 aromatic heterocycles. The summed E-state index contributed by atoms with van der Waals surface area (Å²) in [5.41, 5.74) is 5.43. The predicted molar refractivity (Wildman–Crippen MR) is 167 cm³/mol. The Kier molecular flexibility index (Phi) is 10.8. The molecule has 2 aromatic carbocycles. The van der Waals surface area contributed by atoms with E-state index >= 15 is 0 Å². The molecule has 0 spiro atoms. The average molecular weight is 684 g/mol. The summed E-state index contributed by atoms with van der Waals surface area (Å²) in [7, 11) is 0. The Balaban J connectivity index is 0.000000165. The van der Waals surface area contributed by atoms with Crippen molar-refractivity contribution in [2.75, 3.05) is 0 Å². The number of aromatic nitrogens is 8. The van der Waals surface area contributed by atoms with Gasteiger partial charge in [-0.2, -0.15) is 10.2 Å². The van der Waals surface area contributed by atoms with E-state index in [0.29, 0.717) is 17.1 Å². The third-order valence-corrected chi connectivity index (χ3v) is 6.01. The summed E-state index contributed by atoms with van der Waals surface area (Å²) in [6.07, 6.45) is 14.5. The standard InChI is InChI=1S/C16H11FN4.C10H8FIN2.C6H4N2/c1-12-10-14(4-5-15-11-18-8-9-19-15)20-21(12)16-6-2-13(17)3-7-16;1-7-6-10(12)13-14(7)9-4-2-8(11)3-5-9;1-2-6-5-7-3-4-8-6/h2-3,6-11H,1H3;2-6H,1H3;1,3-5H. The molecule has 0 fully saturated rings. The minimum Gasteiger partial charge on any atom is -0.260 e. The maximum Gasteiger partial charge on any atom is 0.136 e. The fourth-order valence-corrected chi connectivity index (χ4v) is 4.19. The number of nitrogens with zero attached hydrogens (tertiary/aromatic N) is 8. The van der Waals surface area contributed by atoms with E-state index in [2.05, 4.69) is 70.5 Å². The number of rotatable bonds is 2. The van der Waals surface area contributed by atoms with Gasteiger partial charge in [-0.1, -0.05) is 0 Å². The molecule has 0 unspecified atom stereocenters. The molecular weight excluding hydrogens is 661 g/mol. The highest BCUT2D eigenvalue weighted by atomic mass is 127. The lowest BCUT2D eigenvalue weighted by molar-refractivity contribution is 0.626. The third-order valence-electron chi connectivity index (χ3n) is 5.48. The highest BCUT2D eigenvalue weighted by molar-refractivity contribution is 14.1. The largest absolute Gasteiger partial charge is 0.260 e. The van der Waals surface area contributed by atoms with Crippen LogP contribution < -0.4 is 0 Å². The zero-order valence-electron chi connectivity index (χ0n) is 23.0. The second kappa shape index (κ2) is 15.1. The number of hydrogen-bond acceptors (Lipinski definition) is 6. The molecule has 212 valence electrons. The maximum atomic E-state index is 13.0. The van der Waals surface area contributed by atoms with Gasteiger partial charge in [0.15, 0.2) is 0 Å². The fourth-order valence-electron chi connectivity index (χ4n) is 3.53. The molecule has 11 heteroatoms. The summed E-state index contributed by atoms with van der Waals surface area (Å²) in [6.45, 7) is 3.89. The Hall–Kier alpha value is -5.27. The fraction of sp³-hybridized carbons (Fsp3) is 0.0625. The second-order valence-corrected chi connectivity index (χ2v) is 9.74. The molecule has 4 heterocycles. The van der Waals surface area contributed by atoms with Gasteiger partial charge in [0.25, 0.3) is 0 Å². The Morgan fingerprint density at radius 2 is 1.14 bits per heavy atom. The third kappa shape index (κ3) is 9.11. The van der Waals surface area contributed by atoms with Crippen LogP contribution in [0.5, 0.6) is 0 Å². The number of terminal acetylenes is 1. The molecule has 0 aliphatic rings. The van der Waals surface area contributed by atoms with Crippen molar-refractivity contribution >= 4 is 22.6 Å². The minimum atomic E-state index is -0.272. The van der Waals surface area contributed by atoms with E-state index < -0.39 is 0 Å². The molecule has 0 bridgehead atoms. The van der Waals surface area contributed by atoms with Gasteiger partial charge in [-0.05, 0) is 115 Å². The van der Waals surface area contributed by atoms with Gasteiger partial charge in [0.1, 0.15) is 32.4 Å². The first kappa shape index (κ1) is 30.7. The van der Waals surface area contributed by atoms with Crippen LogP contribution in [-0.4, -0.2) is 39.5 Å². The Morgan fingerprint density at radius 1 is 0.651 bits per heavy atom. The normalized spacial score (nSPS) is 9.77. The van der Waals surface area contributed by atoms with Crippen molar-refractivity contribution < 1.29 is 8.78 Å². The smallest absolute Gasteiger partial charge is 0.136 e. The molecule has 0 atom stereocenters. The first-order valence-electron chi connectivity index (χ1n) is 12.6. The summed E-state index contributed by atoms with van der Waals surface area (Å²) in [5.74, 6) is 7.70. The zero-order valence-corrected chi connectivity index (χ0v) is 25.2. The average Bonchev–Trinajstić information content (AvgIpc) is 3.58. The number of benzene rings is 2. The monoisotopic (exact) mass is 684 g/mol. The summed E-state index contributed by atoms with van der Waals surface area (Å²) in [4.78, 5) is 15.6. The molecule has 0 saturated heterocycles. The molecule has 43 heavy (non-hydrogen) atoms. The lowest BCUT2D eigenvalue weighted by Gasteiger charge is -2.02. The highest BCUT2D eigenvalue weighted by Gasteiger charge is 2.05. The van der Waals surface area contributed by atoms with Crippen LogP contribution in [0.4, 0.5) is 8.78 Å². The maximum absolute atomic E-state index is 13.0. The molecule has 6 aromatic rings. The summed E-state index contributed by atoms with van der Waals surface area (Å²) in [6, 6.07) is 16.3. The van der Waals surface area contributed by atoms with Crippen molar-refractivity contribution in [2.45, 2.75) is 13.8 Å². The van der Waals surface area contributed by atoms with Crippen LogP contribution in [0.2, 0.25) is 0 Å². The van der Waals surface area contributed by atoms with Gasteiger partial charge in [0.05, 0.1) is 23.8 Å². The number of hydrogen-bond donors (Lipinski definition) is 0. The van der Waals surface area contributed by atoms with Crippen LogP contribution >= 0.6 is 22.6 Å². The van der Waals surface area contributed by atoms with Crippen molar-refractivity contribution in [3.8, 4) is 35.6 Å². The lowest BCUT2D eigenvalue weighted by atomic mass is 10.3. The van der Waals surface area contributed by atoms with Gasteiger partial charge in [0, 0.05) is 36.2 Å². The molecule has 0 aliphatic heterocycles. The molecular formula is C32H23F2IN8. The van der Waals surface area contributed by atoms with Gasteiger partial charge in [0.2, 0.25) is 0 Å². The summed E-state index contributed by atoms with van der Waals surface area (Å²) < 4.78 is 30.1. The van der Waals surface area contributed by atoms with Gasteiger partial charge < -0.3 is 0 Å². The number of halogens is 3. The van der Waals surface area contributed by atoms with Crippen LogP contribution in [0.15, 0.2) is 97.8 Å². The minimum absolute atomic E-state index is 0.228. The van der Waals surface area contributed by atoms with Gasteiger partial charge >= 0.3 is 0 Å². The molecule has 0 amide bonds. The van der Waals surface area contributed by atoms with Crippen molar-refractivity contribution in [3.63, 3.8) is 0 Å². The molecule has 0 saturated carbocycles. The summed E-state index contributed by atoms with van der Waals surface area (Å²) >= 11 is 2.15. The topological polar surface area (TPSA) is 87.2 Å². The van der Waals surface area contributed by atoms with Gasteiger partial charge in [-0.15, -0.1) is 6.42 Å². The van der Waals surface area contributed by atoms with E-state index in [1.54, 1.807) is 70.8 Å². The zero-order chi connectivity index (χ0) is 30.6. The second-order valence-electron chi connectivity index (χ2n) is 8.63. The quantitative estimate of drug-likeness (QED) is 0.167. The Bertz CT molecular complexity index is 1870. The van der Waals surface area contributed by atoms with Crippen molar-refractivity contribution in [1.29, 1.82) is 0 Å². The Labute approximate surface area is 261 Å². The van der Waals surface area contributed by atoms with E-state index in [0.717, 1.165) is 26.5 Å². The van der Waals surface area contributed by atoms with Crippen LogP contribution in [0, 0.1) is 53.4 Å².